The molecule has 0 radical (unpaired) electrons. The zero-order valence-electron chi connectivity index (χ0n) is 21.7. The molecular weight excluding hydrogens is 404 g/mol. The fourth-order valence-electron chi connectivity index (χ4n) is 4.96. The highest BCUT2D eigenvalue weighted by Gasteiger charge is 2.20. The first-order valence-electron chi connectivity index (χ1n) is 14.3. The molecule has 3 nitrogen and oxygen atoms in total. The first-order chi connectivity index (χ1) is 16.3. The van der Waals surface area contributed by atoms with E-state index in [-0.39, 0.29) is 0 Å². The molecule has 2 rings (SSSR count). The Labute approximate surface area is 205 Å². The zero-order chi connectivity index (χ0) is 23.4. The first-order valence-corrected chi connectivity index (χ1v) is 14.3. The van der Waals surface area contributed by atoms with Crippen LogP contribution in [0.3, 0.4) is 0 Å². The summed E-state index contributed by atoms with van der Waals surface area (Å²) in [4.78, 5) is 17.1. The van der Waals surface area contributed by atoms with Gasteiger partial charge in [-0.25, -0.2) is 0 Å². The molecule has 1 heterocycles. The number of benzene rings is 1. The van der Waals surface area contributed by atoms with Crippen LogP contribution in [0.25, 0.3) is 0 Å². The van der Waals surface area contributed by atoms with Crippen LogP contribution in [0.1, 0.15) is 115 Å². The molecule has 3 heteroatoms. The normalized spacial score (nSPS) is 14.6. The number of hydrogen-bond donors (Lipinski definition) is 0. The van der Waals surface area contributed by atoms with Gasteiger partial charge in [-0.3, -0.25) is 9.69 Å². The fraction of sp³-hybridized carbons (Fsp3) is 0.767. The third-order valence-electron chi connectivity index (χ3n) is 7.28. The molecule has 33 heavy (non-hydrogen) atoms. The van der Waals surface area contributed by atoms with E-state index in [1.807, 2.05) is 0 Å². The average Bonchev–Trinajstić information content (AvgIpc) is 2.86. The van der Waals surface area contributed by atoms with E-state index < -0.39 is 0 Å². The Kier molecular flexibility index (Phi) is 16.1. The lowest BCUT2D eigenvalue weighted by atomic mass is 10.0. The van der Waals surface area contributed by atoms with Crippen LogP contribution >= 0.6 is 0 Å². The SMILES string of the molecule is CCCCCCCCCCCCCCCCCC(=O)N1CCN(CCc2ccccc2)CC1. The summed E-state index contributed by atoms with van der Waals surface area (Å²) < 4.78 is 0. The van der Waals surface area contributed by atoms with Gasteiger partial charge in [-0.1, -0.05) is 127 Å². The van der Waals surface area contributed by atoms with E-state index in [2.05, 4.69) is 47.1 Å². The van der Waals surface area contributed by atoms with Crippen molar-refractivity contribution in [2.24, 2.45) is 0 Å². The Morgan fingerprint density at radius 3 is 1.67 bits per heavy atom. The fourth-order valence-corrected chi connectivity index (χ4v) is 4.96. The van der Waals surface area contributed by atoms with E-state index >= 15 is 0 Å². The maximum Gasteiger partial charge on any atom is 0.222 e. The lowest BCUT2D eigenvalue weighted by molar-refractivity contribution is -0.133. The van der Waals surface area contributed by atoms with Gasteiger partial charge in [0.25, 0.3) is 0 Å². The standard InChI is InChI=1S/C30H52N2O/c1-2-3-4-5-6-7-8-9-10-11-12-13-14-15-19-22-30(33)32-27-25-31(26-28-32)24-23-29-20-17-16-18-21-29/h16-18,20-21H,2-15,19,22-28H2,1H3. The maximum atomic E-state index is 12.5. The minimum atomic E-state index is 0.382. The van der Waals surface area contributed by atoms with Gasteiger partial charge in [-0.2, -0.15) is 0 Å². The second-order valence-electron chi connectivity index (χ2n) is 10.2. The Balaban J connectivity index is 1.35. The molecule has 1 aliphatic rings. The topological polar surface area (TPSA) is 23.6 Å². The predicted octanol–water partition coefficient (Wildman–Crippen LogP) is 7.63. The molecule has 1 fully saturated rings. The highest BCUT2D eigenvalue weighted by atomic mass is 16.2. The van der Waals surface area contributed by atoms with E-state index in [0.29, 0.717) is 5.91 Å². The largest absolute Gasteiger partial charge is 0.340 e. The van der Waals surface area contributed by atoms with Crippen molar-refractivity contribution in [1.29, 1.82) is 0 Å². The second-order valence-corrected chi connectivity index (χ2v) is 10.2. The minimum Gasteiger partial charge on any atom is -0.340 e. The van der Waals surface area contributed by atoms with Crippen molar-refractivity contribution in [1.82, 2.24) is 9.80 Å². The lowest BCUT2D eigenvalue weighted by Crippen LogP contribution is -2.49. The quantitative estimate of drug-likeness (QED) is 0.200. The predicted molar refractivity (Wildman–Crippen MR) is 143 cm³/mol. The Morgan fingerprint density at radius 2 is 1.15 bits per heavy atom. The van der Waals surface area contributed by atoms with Gasteiger partial charge in [0.2, 0.25) is 5.91 Å². The molecule has 188 valence electrons. The van der Waals surface area contributed by atoms with Crippen molar-refractivity contribution >= 4 is 5.91 Å². The third-order valence-corrected chi connectivity index (χ3v) is 7.28. The molecule has 0 saturated carbocycles. The number of rotatable bonds is 19. The van der Waals surface area contributed by atoms with Crippen LogP contribution in [-0.2, 0) is 11.2 Å². The van der Waals surface area contributed by atoms with Crippen molar-refractivity contribution in [2.45, 2.75) is 116 Å². The summed E-state index contributed by atoms with van der Waals surface area (Å²) in [6.07, 6.45) is 22.4. The van der Waals surface area contributed by atoms with Crippen LogP contribution < -0.4 is 0 Å². The van der Waals surface area contributed by atoms with Gasteiger partial charge >= 0.3 is 0 Å². The Hall–Kier alpha value is -1.35. The summed E-state index contributed by atoms with van der Waals surface area (Å²) in [7, 11) is 0. The van der Waals surface area contributed by atoms with Crippen LogP contribution in [-0.4, -0.2) is 48.4 Å². The van der Waals surface area contributed by atoms with E-state index in [0.717, 1.165) is 52.0 Å². The van der Waals surface area contributed by atoms with E-state index in [4.69, 9.17) is 0 Å². The summed E-state index contributed by atoms with van der Waals surface area (Å²) in [5.74, 6) is 0.382. The molecule has 0 spiro atoms. The lowest BCUT2D eigenvalue weighted by Gasteiger charge is -2.34. The summed E-state index contributed by atoms with van der Waals surface area (Å²) in [5, 5.41) is 0. The van der Waals surface area contributed by atoms with Crippen molar-refractivity contribution in [3.63, 3.8) is 0 Å². The van der Waals surface area contributed by atoms with Gasteiger partial charge < -0.3 is 4.90 Å². The summed E-state index contributed by atoms with van der Waals surface area (Å²) >= 11 is 0. The molecule has 0 atom stereocenters. The first kappa shape index (κ1) is 27.9. The molecule has 1 aromatic rings. The molecule has 0 unspecified atom stereocenters. The molecule has 1 amide bonds. The second kappa shape index (κ2) is 19.0. The van der Waals surface area contributed by atoms with Gasteiger partial charge in [0, 0.05) is 39.1 Å². The van der Waals surface area contributed by atoms with Crippen LogP contribution in [0.2, 0.25) is 0 Å². The molecule has 1 aliphatic heterocycles. The van der Waals surface area contributed by atoms with Gasteiger partial charge in [-0.15, -0.1) is 0 Å². The minimum absolute atomic E-state index is 0.382. The van der Waals surface area contributed by atoms with Crippen molar-refractivity contribution in [3.8, 4) is 0 Å². The molecule has 1 saturated heterocycles. The maximum absolute atomic E-state index is 12.5. The van der Waals surface area contributed by atoms with Crippen LogP contribution in [0.4, 0.5) is 0 Å². The van der Waals surface area contributed by atoms with Gasteiger partial charge in [-0.05, 0) is 18.4 Å². The smallest absolute Gasteiger partial charge is 0.222 e. The number of carbonyl (C=O) groups excluding carboxylic acids is 1. The number of carbonyl (C=O) groups is 1. The van der Waals surface area contributed by atoms with Crippen molar-refractivity contribution in [3.05, 3.63) is 35.9 Å². The van der Waals surface area contributed by atoms with Crippen LogP contribution in [0, 0.1) is 0 Å². The number of amides is 1. The molecule has 0 aliphatic carbocycles. The summed E-state index contributed by atoms with van der Waals surface area (Å²) in [6.45, 7) is 7.26. The van der Waals surface area contributed by atoms with Crippen LogP contribution in [0.5, 0.6) is 0 Å². The van der Waals surface area contributed by atoms with E-state index in [1.54, 1.807) is 0 Å². The summed E-state index contributed by atoms with van der Waals surface area (Å²) in [5.41, 5.74) is 1.41. The highest BCUT2D eigenvalue weighted by molar-refractivity contribution is 5.76. The van der Waals surface area contributed by atoms with Gasteiger partial charge in [0.1, 0.15) is 0 Å². The zero-order valence-corrected chi connectivity index (χ0v) is 21.7. The van der Waals surface area contributed by atoms with Crippen molar-refractivity contribution < 1.29 is 4.79 Å². The number of nitrogens with zero attached hydrogens (tertiary/aromatic N) is 2. The molecular formula is C30H52N2O. The summed E-state index contributed by atoms with van der Waals surface area (Å²) in [6, 6.07) is 10.7. The Morgan fingerprint density at radius 1 is 0.667 bits per heavy atom. The number of piperazine rings is 1. The van der Waals surface area contributed by atoms with E-state index in [1.165, 1.54) is 95.5 Å². The van der Waals surface area contributed by atoms with Crippen molar-refractivity contribution in [2.75, 3.05) is 32.7 Å². The molecule has 0 N–H and O–H groups in total. The number of hydrogen-bond acceptors (Lipinski definition) is 2. The molecule has 0 bridgehead atoms. The average molecular weight is 457 g/mol. The highest BCUT2D eigenvalue weighted by Crippen LogP contribution is 2.14. The van der Waals surface area contributed by atoms with E-state index in [9.17, 15) is 4.79 Å². The van der Waals surface area contributed by atoms with Gasteiger partial charge in [0.15, 0.2) is 0 Å². The monoisotopic (exact) mass is 456 g/mol. The third kappa shape index (κ3) is 13.8. The Bertz CT molecular complexity index is 580. The van der Waals surface area contributed by atoms with Crippen LogP contribution in [0.15, 0.2) is 30.3 Å². The van der Waals surface area contributed by atoms with Gasteiger partial charge in [0.05, 0.1) is 0 Å². The molecule has 0 aromatic heterocycles. The number of unbranched alkanes of at least 4 members (excludes halogenated alkanes) is 14. The molecule has 1 aromatic carbocycles.